The summed E-state index contributed by atoms with van der Waals surface area (Å²) >= 11 is 0. The van der Waals surface area contributed by atoms with E-state index in [0.29, 0.717) is 0 Å². The van der Waals surface area contributed by atoms with Crippen molar-refractivity contribution in [3.8, 4) is 0 Å². The van der Waals surface area contributed by atoms with Gasteiger partial charge in [-0.05, 0) is 53.1 Å². The lowest BCUT2D eigenvalue weighted by molar-refractivity contribution is 0.975. The van der Waals surface area contributed by atoms with Crippen LogP contribution in [0.15, 0.2) is 72.8 Å². The van der Waals surface area contributed by atoms with Crippen molar-refractivity contribution in [2.45, 2.75) is 5.92 Å². The van der Waals surface area contributed by atoms with Crippen molar-refractivity contribution in [3.05, 3.63) is 89.5 Å². The Morgan fingerprint density at radius 1 is 0.577 bits per heavy atom. The van der Waals surface area contributed by atoms with E-state index in [0.717, 1.165) is 11.4 Å². The molecule has 0 saturated heterocycles. The lowest BCUT2D eigenvalue weighted by atomic mass is 9.85. The molecule has 134 valence electrons. The summed E-state index contributed by atoms with van der Waals surface area (Å²) in [5.74, 6) is 0.211. The van der Waals surface area contributed by atoms with Gasteiger partial charge in [-0.25, -0.2) is 0 Å². The molecule has 0 unspecified atom stereocenters. The van der Waals surface area contributed by atoms with Gasteiger partial charge in [0.05, 0.1) is 0 Å². The number of nitrogens with zero attached hydrogens (tertiary/aromatic N) is 1. The molecule has 0 saturated carbocycles. The summed E-state index contributed by atoms with van der Waals surface area (Å²) in [6, 6.07) is 26.2. The molecule has 3 aromatic rings. The normalized spacial score (nSPS) is 10.7. The van der Waals surface area contributed by atoms with Crippen LogP contribution in [-0.4, -0.2) is 28.2 Å². The second-order valence-corrected chi connectivity index (χ2v) is 6.66. The molecule has 0 aliphatic heterocycles. The van der Waals surface area contributed by atoms with Crippen LogP contribution < -0.4 is 15.5 Å². The predicted molar refractivity (Wildman–Crippen MR) is 114 cm³/mol. The van der Waals surface area contributed by atoms with Crippen LogP contribution in [0.25, 0.3) is 0 Å². The standard InChI is InChI=1S/C23H27N3/c1-24-20-11-5-17(6-12-20)23(18-7-13-21(25-2)14-8-18)19-9-15-22(16-10-19)26(3)4/h5-16,23-25H,1-4H3. The third-order valence-corrected chi connectivity index (χ3v) is 4.81. The van der Waals surface area contributed by atoms with Crippen LogP contribution >= 0.6 is 0 Å². The van der Waals surface area contributed by atoms with E-state index in [4.69, 9.17) is 0 Å². The molecule has 0 radical (unpaired) electrons. The molecular weight excluding hydrogens is 318 g/mol. The summed E-state index contributed by atoms with van der Waals surface area (Å²) in [6.45, 7) is 0. The molecule has 0 aliphatic rings. The molecule has 0 heterocycles. The van der Waals surface area contributed by atoms with Crippen LogP contribution in [0.4, 0.5) is 17.1 Å². The Labute approximate surface area is 156 Å². The zero-order chi connectivity index (χ0) is 18.5. The van der Waals surface area contributed by atoms with Gasteiger partial charge in [-0.1, -0.05) is 36.4 Å². The molecular formula is C23H27N3. The van der Waals surface area contributed by atoms with E-state index in [2.05, 4.69) is 102 Å². The fourth-order valence-corrected chi connectivity index (χ4v) is 3.23. The van der Waals surface area contributed by atoms with Crippen LogP contribution in [0.3, 0.4) is 0 Å². The summed E-state index contributed by atoms with van der Waals surface area (Å²) in [5.41, 5.74) is 7.34. The molecule has 0 fully saturated rings. The molecule has 3 heteroatoms. The molecule has 2 N–H and O–H groups in total. The molecule has 3 nitrogen and oxygen atoms in total. The third-order valence-electron chi connectivity index (χ3n) is 4.81. The smallest absolute Gasteiger partial charge is 0.0361 e. The highest BCUT2D eigenvalue weighted by Crippen LogP contribution is 2.34. The van der Waals surface area contributed by atoms with Gasteiger partial charge in [0.1, 0.15) is 0 Å². The van der Waals surface area contributed by atoms with Gasteiger partial charge in [-0.2, -0.15) is 0 Å². The zero-order valence-corrected chi connectivity index (χ0v) is 16.0. The number of anilines is 3. The van der Waals surface area contributed by atoms with Crippen molar-refractivity contribution >= 4 is 17.1 Å². The Balaban J connectivity index is 2.04. The molecule has 3 aromatic carbocycles. The van der Waals surface area contributed by atoms with Gasteiger partial charge in [0.25, 0.3) is 0 Å². The van der Waals surface area contributed by atoms with Gasteiger partial charge < -0.3 is 15.5 Å². The first-order chi connectivity index (χ1) is 12.6. The van der Waals surface area contributed by atoms with Crippen LogP contribution in [0.5, 0.6) is 0 Å². The molecule has 0 aromatic heterocycles. The Bertz CT molecular complexity index is 771. The van der Waals surface area contributed by atoms with Crippen molar-refractivity contribution in [3.63, 3.8) is 0 Å². The summed E-state index contributed by atoms with van der Waals surface area (Å²) in [4.78, 5) is 2.13. The van der Waals surface area contributed by atoms with E-state index in [1.165, 1.54) is 22.4 Å². The van der Waals surface area contributed by atoms with Crippen molar-refractivity contribution in [2.24, 2.45) is 0 Å². The van der Waals surface area contributed by atoms with Crippen molar-refractivity contribution in [1.29, 1.82) is 0 Å². The second-order valence-electron chi connectivity index (χ2n) is 6.66. The molecule has 0 spiro atoms. The molecule has 0 bridgehead atoms. The Morgan fingerprint density at radius 3 is 1.23 bits per heavy atom. The monoisotopic (exact) mass is 345 g/mol. The number of rotatable bonds is 6. The lowest BCUT2D eigenvalue weighted by Gasteiger charge is -2.21. The van der Waals surface area contributed by atoms with Gasteiger partial charge in [0.2, 0.25) is 0 Å². The maximum atomic E-state index is 3.19. The Kier molecular flexibility index (Phi) is 5.47. The topological polar surface area (TPSA) is 27.3 Å². The van der Waals surface area contributed by atoms with Crippen LogP contribution in [0, 0.1) is 0 Å². The number of benzene rings is 3. The van der Waals surface area contributed by atoms with E-state index in [1.54, 1.807) is 0 Å². The minimum absolute atomic E-state index is 0.211. The molecule has 0 amide bonds. The maximum absolute atomic E-state index is 3.19. The van der Waals surface area contributed by atoms with Crippen molar-refractivity contribution in [2.75, 3.05) is 43.7 Å². The van der Waals surface area contributed by atoms with Gasteiger partial charge in [-0.3, -0.25) is 0 Å². The first-order valence-corrected chi connectivity index (χ1v) is 8.95. The molecule has 3 rings (SSSR count). The van der Waals surface area contributed by atoms with Crippen LogP contribution in [0.1, 0.15) is 22.6 Å². The van der Waals surface area contributed by atoms with Gasteiger partial charge in [-0.15, -0.1) is 0 Å². The van der Waals surface area contributed by atoms with Crippen molar-refractivity contribution in [1.82, 2.24) is 0 Å². The molecule has 26 heavy (non-hydrogen) atoms. The zero-order valence-electron chi connectivity index (χ0n) is 16.0. The van der Waals surface area contributed by atoms with Crippen LogP contribution in [-0.2, 0) is 0 Å². The van der Waals surface area contributed by atoms with E-state index >= 15 is 0 Å². The van der Waals surface area contributed by atoms with Gasteiger partial charge >= 0.3 is 0 Å². The predicted octanol–water partition coefficient (Wildman–Crippen LogP) is 5.02. The third kappa shape index (κ3) is 3.83. The molecule has 0 aliphatic carbocycles. The fourth-order valence-electron chi connectivity index (χ4n) is 3.23. The van der Waals surface area contributed by atoms with E-state index in [1.807, 2.05) is 14.1 Å². The SMILES string of the molecule is CNc1ccc(C(c2ccc(NC)cc2)c2ccc(N(C)C)cc2)cc1. The summed E-state index contributed by atoms with van der Waals surface area (Å²) in [6.07, 6.45) is 0. The number of hydrogen-bond acceptors (Lipinski definition) is 3. The number of nitrogens with one attached hydrogen (secondary N) is 2. The highest BCUT2D eigenvalue weighted by atomic mass is 15.1. The Hall–Kier alpha value is -2.94. The first-order valence-electron chi connectivity index (χ1n) is 8.95. The summed E-state index contributed by atoms with van der Waals surface area (Å²) < 4.78 is 0. The van der Waals surface area contributed by atoms with E-state index in [9.17, 15) is 0 Å². The minimum atomic E-state index is 0.211. The second kappa shape index (κ2) is 7.96. The first kappa shape index (κ1) is 17.9. The maximum Gasteiger partial charge on any atom is 0.0361 e. The van der Waals surface area contributed by atoms with Gasteiger partial charge in [0.15, 0.2) is 0 Å². The van der Waals surface area contributed by atoms with Crippen LogP contribution in [0.2, 0.25) is 0 Å². The lowest BCUT2D eigenvalue weighted by Crippen LogP contribution is -2.09. The van der Waals surface area contributed by atoms with Gasteiger partial charge in [0, 0.05) is 51.2 Å². The molecule has 0 atom stereocenters. The largest absolute Gasteiger partial charge is 0.388 e. The summed E-state index contributed by atoms with van der Waals surface area (Å²) in [5, 5.41) is 6.39. The quantitative estimate of drug-likeness (QED) is 0.615. The minimum Gasteiger partial charge on any atom is -0.388 e. The van der Waals surface area contributed by atoms with E-state index < -0.39 is 0 Å². The summed E-state index contributed by atoms with van der Waals surface area (Å²) in [7, 11) is 8.03. The number of hydrogen-bond donors (Lipinski definition) is 2. The van der Waals surface area contributed by atoms with Crippen molar-refractivity contribution < 1.29 is 0 Å². The average Bonchev–Trinajstić information content (AvgIpc) is 2.69. The Morgan fingerprint density at radius 2 is 0.923 bits per heavy atom. The average molecular weight is 345 g/mol. The highest BCUT2D eigenvalue weighted by Gasteiger charge is 2.17. The van der Waals surface area contributed by atoms with E-state index in [-0.39, 0.29) is 5.92 Å². The highest BCUT2D eigenvalue weighted by molar-refractivity contribution is 5.54. The fraction of sp³-hybridized carbons (Fsp3) is 0.217.